The highest BCUT2D eigenvalue weighted by Crippen LogP contribution is 2.28. The minimum absolute atomic E-state index is 0.131. The minimum atomic E-state index is -5.77. The maximum absolute atomic E-state index is 12.4. The number of carbonyl (C=O) groups excluding carboxylic acids is 1. The van der Waals surface area contributed by atoms with Crippen LogP contribution >= 0.6 is 0 Å². The molecule has 1 aromatic carbocycles. The van der Waals surface area contributed by atoms with Gasteiger partial charge in [0.05, 0.1) is 0 Å². The van der Waals surface area contributed by atoms with Crippen LogP contribution in [0.5, 0.6) is 5.88 Å². The standard InChI is InChI=1S/C18H17F3N2O5S/c19-18(20,21)29(25,26)28-16-9-6-13-10-14(7-8-15(13)23-16)22-17(24)27-11-12-4-2-1-3-5-12/h1-6,9,14H,7-8,10-11H2,(H,22,24)/t14-/m1/s1. The average molecular weight is 430 g/mol. The van der Waals surface area contributed by atoms with Gasteiger partial charge in [-0.25, -0.2) is 9.78 Å². The first-order valence-electron chi connectivity index (χ1n) is 8.61. The number of hydrogen-bond acceptors (Lipinski definition) is 6. The predicted molar refractivity (Wildman–Crippen MR) is 95.4 cm³/mol. The summed E-state index contributed by atoms with van der Waals surface area (Å²) in [6.45, 7) is 0.131. The fourth-order valence-corrected chi connectivity index (χ4v) is 3.26. The first kappa shape index (κ1) is 20.9. The van der Waals surface area contributed by atoms with E-state index in [-0.39, 0.29) is 12.6 Å². The monoisotopic (exact) mass is 430 g/mol. The van der Waals surface area contributed by atoms with Gasteiger partial charge in [-0.2, -0.15) is 21.6 Å². The second-order valence-corrected chi connectivity index (χ2v) is 7.92. The van der Waals surface area contributed by atoms with Gasteiger partial charge in [-0.15, -0.1) is 0 Å². The van der Waals surface area contributed by atoms with Crippen molar-refractivity contribution in [1.82, 2.24) is 10.3 Å². The Balaban J connectivity index is 1.56. The normalized spacial score (nSPS) is 16.6. The maximum Gasteiger partial charge on any atom is 0.534 e. The predicted octanol–water partition coefficient (Wildman–Crippen LogP) is 3.09. The lowest BCUT2D eigenvalue weighted by atomic mass is 9.92. The van der Waals surface area contributed by atoms with Crippen molar-refractivity contribution in [3.63, 3.8) is 0 Å². The third-order valence-corrected chi connectivity index (χ3v) is 5.21. The van der Waals surface area contributed by atoms with E-state index in [0.717, 1.165) is 11.6 Å². The number of ether oxygens (including phenoxy) is 1. The molecular weight excluding hydrogens is 413 g/mol. The fraction of sp³-hybridized carbons (Fsp3) is 0.333. The van der Waals surface area contributed by atoms with Gasteiger partial charge in [0, 0.05) is 17.8 Å². The Kier molecular flexibility index (Phi) is 5.96. The summed E-state index contributed by atoms with van der Waals surface area (Å²) >= 11 is 0. The number of hydrogen-bond donors (Lipinski definition) is 1. The molecule has 1 aromatic heterocycles. The van der Waals surface area contributed by atoms with Crippen molar-refractivity contribution in [2.24, 2.45) is 0 Å². The second-order valence-electron chi connectivity index (χ2n) is 6.38. The summed E-state index contributed by atoms with van der Waals surface area (Å²) in [7, 11) is -5.77. The van der Waals surface area contributed by atoms with Gasteiger partial charge < -0.3 is 14.2 Å². The van der Waals surface area contributed by atoms with Crippen molar-refractivity contribution in [1.29, 1.82) is 0 Å². The van der Waals surface area contributed by atoms with Crippen LogP contribution in [0, 0.1) is 0 Å². The van der Waals surface area contributed by atoms with Gasteiger partial charge >= 0.3 is 21.7 Å². The minimum Gasteiger partial charge on any atom is -0.445 e. The molecule has 1 aliphatic rings. The second kappa shape index (κ2) is 8.27. The number of rotatable bonds is 5. The molecule has 29 heavy (non-hydrogen) atoms. The van der Waals surface area contributed by atoms with E-state index in [0.29, 0.717) is 30.5 Å². The van der Waals surface area contributed by atoms with Crippen molar-refractivity contribution < 1.29 is 35.3 Å². The molecule has 7 nitrogen and oxygen atoms in total. The number of carbonyl (C=O) groups is 1. The highest BCUT2D eigenvalue weighted by Gasteiger charge is 2.48. The number of aryl methyl sites for hydroxylation is 1. The molecule has 1 atom stereocenters. The van der Waals surface area contributed by atoms with Crippen molar-refractivity contribution in [2.45, 2.75) is 37.4 Å². The molecule has 1 N–H and O–H groups in total. The SMILES string of the molecule is O=C(N[C@@H]1CCc2nc(OS(=O)(=O)C(F)(F)F)ccc2C1)OCc1ccccc1. The van der Waals surface area contributed by atoms with Gasteiger partial charge in [-0.1, -0.05) is 36.4 Å². The Morgan fingerprint density at radius 3 is 2.59 bits per heavy atom. The maximum atomic E-state index is 12.4. The fourth-order valence-electron chi connectivity index (χ4n) is 2.85. The van der Waals surface area contributed by atoms with E-state index in [1.807, 2.05) is 30.3 Å². The van der Waals surface area contributed by atoms with Crippen molar-refractivity contribution >= 4 is 16.2 Å². The van der Waals surface area contributed by atoms with E-state index in [4.69, 9.17) is 4.74 Å². The van der Waals surface area contributed by atoms with Crippen LogP contribution in [0.1, 0.15) is 23.2 Å². The summed E-state index contributed by atoms with van der Waals surface area (Å²) in [5.41, 5.74) is -3.57. The zero-order valence-electron chi connectivity index (χ0n) is 15.0. The van der Waals surface area contributed by atoms with Gasteiger partial charge in [-0.05, 0) is 30.4 Å². The van der Waals surface area contributed by atoms with Gasteiger partial charge in [-0.3, -0.25) is 0 Å². The molecule has 0 spiro atoms. The lowest BCUT2D eigenvalue weighted by Gasteiger charge is -2.24. The third kappa shape index (κ3) is 5.37. The number of aromatic nitrogens is 1. The molecule has 1 amide bonds. The highest BCUT2D eigenvalue weighted by molar-refractivity contribution is 7.87. The van der Waals surface area contributed by atoms with Crippen LogP contribution in [0.2, 0.25) is 0 Å². The Morgan fingerprint density at radius 2 is 1.90 bits per heavy atom. The third-order valence-electron chi connectivity index (χ3n) is 4.25. The van der Waals surface area contributed by atoms with Crippen LogP contribution in [0.3, 0.4) is 0 Å². The van der Waals surface area contributed by atoms with Crippen LogP contribution in [0.4, 0.5) is 18.0 Å². The number of pyridine rings is 1. The van der Waals surface area contributed by atoms with Crippen molar-refractivity contribution in [3.05, 3.63) is 59.3 Å². The Bertz CT molecular complexity index is 981. The van der Waals surface area contributed by atoms with Crippen molar-refractivity contribution in [3.8, 4) is 5.88 Å². The molecule has 1 heterocycles. The summed E-state index contributed by atoms with van der Waals surface area (Å²) in [6, 6.07) is 11.4. The number of nitrogens with zero attached hydrogens (tertiary/aromatic N) is 1. The largest absolute Gasteiger partial charge is 0.534 e. The summed E-state index contributed by atoms with van der Waals surface area (Å²) in [5.74, 6) is -0.644. The Morgan fingerprint density at radius 1 is 1.17 bits per heavy atom. The van der Waals surface area contributed by atoms with Crippen LogP contribution in [-0.2, 0) is 34.3 Å². The van der Waals surface area contributed by atoms with Gasteiger partial charge in [0.1, 0.15) is 6.61 Å². The molecule has 156 valence electrons. The number of fused-ring (bicyclic) bond motifs is 1. The molecule has 0 aliphatic heterocycles. The van der Waals surface area contributed by atoms with E-state index >= 15 is 0 Å². The molecule has 0 unspecified atom stereocenters. The number of alkyl halides is 3. The van der Waals surface area contributed by atoms with E-state index in [1.54, 1.807) is 0 Å². The Hall–Kier alpha value is -2.82. The number of alkyl carbamates (subject to hydrolysis) is 1. The number of amides is 1. The quantitative estimate of drug-likeness (QED) is 0.579. The molecule has 0 saturated heterocycles. The van der Waals surface area contributed by atoms with Gasteiger partial charge in [0.25, 0.3) is 0 Å². The first-order valence-corrected chi connectivity index (χ1v) is 10.0. The van der Waals surface area contributed by atoms with Crippen LogP contribution in [-0.4, -0.2) is 31.0 Å². The Labute approximate surface area is 165 Å². The molecule has 3 rings (SSSR count). The summed E-state index contributed by atoms with van der Waals surface area (Å²) in [5, 5.41) is 2.74. The van der Waals surface area contributed by atoms with Crippen molar-refractivity contribution in [2.75, 3.05) is 0 Å². The first-order chi connectivity index (χ1) is 13.6. The molecule has 11 heteroatoms. The zero-order valence-corrected chi connectivity index (χ0v) is 15.8. The highest BCUT2D eigenvalue weighted by atomic mass is 32.2. The van der Waals surface area contributed by atoms with E-state index in [2.05, 4.69) is 14.5 Å². The molecule has 0 fully saturated rings. The van der Waals surface area contributed by atoms with E-state index < -0.39 is 27.6 Å². The van der Waals surface area contributed by atoms with Crippen LogP contribution in [0.15, 0.2) is 42.5 Å². The lowest BCUT2D eigenvalue weighted by Crippen LogP contribution is -2.39. The number of halogens is 3. The zero-order chi connectivity index (χ0) is 21.1. The topological polar surface area (TPSA) is 94.6 Å². The number of nitrogens with one attached hydrogen (secondary N) is 1. The molecule has 1 aliphatic carbocycles. The summed E-state index contributed by atoms with van der Waals surface area (Å²) in [4.78, 5) is 15.8. The average Bonchev–Trinajstić information content (AvgIpc) is 2.66. The molecule has 2 aromatic rings. The molecule has 0 saturated carbocycles. The smallest absolute Gasteiger partial charge is 0.445 e. The molecular formula is C18H17F3N2O5S. The van der Waals surface area contributed by atoms with Gasteiger partial charge in [0.15, 0.2) is 0 Å². The lowest BCUT2D eigenvalue weighted by molar-refractivity contribution is -0.0501. The van der Waals surface area contributed by atoms with Crippen LogP contribution < -0.4 is 9.50 Å². The van der Waals surface area contributed by atoms with Gasteiger partial charge in [0.2, 0.25) is 5.88 Å². The molecule has 0 bridgehead atoms. The summed E-state index contributed by atoms with van der Waals surface area (Å²) in [6.07, 6.45) is 0.610. The van der Waals surface area contributed by atoms with E-state index in [1.165, 1.54) is 6.07 Å². The molecule has 0 radical (unpaired) electrons. The van der Waals surface area contributed by atoms with Crippen LogP contribution in [0.25, 0.3) is 0 Å². The summed E-state index contributed by atoms with van der Waals surface area (Å²) < 4.78 is 68.6. The van der Waals surface area contributed by atoms with E-state index in [9.17, 15) is 26.4 Å². The number of benzene rings is 1.